The van der Waals surface area contributed by atoms with E-state index in [-0.39, 0.29) is 36.6 Å². The summed E-state index contributed by atoms with van der Waals surface area (Å²) in [7, 11) is -3.43. The van der Waals surface area contributed by atoms with Crippen molar-refractivity contribution >= 4 is 21.8 Å². The summed E-state index contributed by atoms with van der Waals surface area (Å²) in [4.78, 5) is 26.6. The third-order valence-corrected chi connectivity index (χ3v) is 7.07. The summed E-state index contributed by atoms with van der Waals surface area (Å²) >= 11 is 0. The Bertz CT molecular complexity index is 825. The highest BCUT2D eigenvalue weighted by Gasteiger charge is 2.29. The first kappa shape index (κ1) is 21.7. The van der Waals surface area contributed by atoms with E-state index < -0.39 is 15.8 Å². The molecule has 29 heavy (non-hydrogen) atoms. The van der Waals surface area contributed by atoms with Crippen LogP contribution in [0.25, 0.3) is 0 Å². The quantitative estimate of drug-likeness (QED) is 0.712. The van der Waals surface area contributed by atoms with Gasteiger partial charge in [0.05, 0.1) is 24.9 Å². The van der Waals surface area contributed by atoms with Gasteiger partial charge in [0.1, 0.15) is 5.82 Å². The van der Waals surface area contributed by atoms with Gasteiger partial charge in [-0.2, -0.15) is 4.31 Å². The summed E-state index contributed by atoms with van der Waals surface area (Å²) in [5.74, 6) is -1.45. The molecule has 1 aromatic carbocycles. The molecule has 2 fully saturated rings. The summed E-state index contributed by atoms with van der Waals surface area (Å²) in [6.45, 7) is 2.25. The molecule has 0 saturated carbocycles. The molecule has 1 unspecified atom stereocenters. The number of amides is 2. The number of sulfonamides is 1. The number of hydrogen-bond donors (Lipinski definition) is 1. The number of nitrogens with zero attached hydrogens (tertiary/aromatic N) is 2. The molecular formula is C19H26FN3O5S. The maximum atomic E-state index is 13.1. The van der Waals surface area contributed by atoms with Gasteiger partial charge < -0.3 is 15.0 Å². The van der Waals surface area contributed by atoms with E-state index in [1.165, 1.54) is 28.6 Å². The molecule has 8 nitrogen and oxygen atoms in total. The fourth-order valence-electron chi connectivity index (χ4n) is 3.55. The predicted molar refractivity (Wildman–Crippen MR) is 104 cm³/mol. The average molecular weight is 427 g/mol. The molecule has 1 N–H and O–H groups in total. The minimum absolute atomic E-state index is 0.0287. The van der Waals surface area contributed by atoms with E-state index >= 15 is 0 Å². The monoisotopic (exact) mass is 427 g/mol. The van der Waals surface area contributed by atoms with E-state index in [0.29, 0.717) is 51.3 Å². The van der Waals surface area contributed by atoms with Crippen LogP contribution in [0.3, 0.4) is 0 Å². The number of carbonyl (C=O) groups excluding carboxylic acids is 2. The molecule has 2 saturated heterocycles. The van der Waals surface area contributed by atoms with Gasteiger partial charge in [0.15, 0.2) is 0 Å². The van der Waals surface area contributed by atoms with Gasteiger partial charge >= 0.3 is 0 Å². The van der Waals surface area contributed by atoms with Gasteiger partial charge in [-0.15, -0.1) is 0 Å². The minimum Gasteiger partial charge on any atom is -0.379 e. The van der Waals surface area contributed by atoms with Crippen LogP contribution in [0, 0.1) is 11.7 Å². The van der Waals surface area contributed by atoms with Crippen molar-refractivity contribution < 1.29 is 27.1 Å². The summed E-state index contributed by atoms with van der Waals surface area (Å²) in [6.07, 6.45) is 1.31. The van der Waals surface area contributed by atoms with E-state index in [9.17, 15) is 22.4 Å². The number of hydrogen-bond acceptors (Lipinski definition) is 5. The van der Waals surface area contributed by atoms with E-state index in [1.807, 2.05) is 0 Å². The Hall–Kier alpha value is -2.04. The van der Waals surface area contributed by atoms with Crippen LogP contribution in [0.2, 0.25) is 0 Å². The van der Waals surface area contributed by atoms with Crippen LogP contribution in [0.5, 0.6) is 0 Å². The SMILES string of the molecule is O=C(NCCS(=O)(=O)N1CCOCC1)C1CCCN(C(=O)c2ccc(F)cc2)C1. The van der Waals surface area contributed by atoms with Crippen LogP contribution >= 0.6 is 0 Å². The van der Waals surface area contributed by atoms with Crippen molar-refractivity contribution in [3.63, 3.8) is 0 Å². The molecule has 160 valence electrons. The van der Waals surface area contributed by atoms with Crippen molar-refractivity contribution in [2.24, 2.45) is 5.92 Å². The van der Waals surface area contributed by atoms with Crippen LogP contribution in [0.1, 0.15) is 23.2 Å². The van der Waals surface area contributed by atoms with Crippen LogP contribution in [-0.2, 0) is 19.6 Å². The number of nitrogens with one attached hydrogen (secondary N) is 1. The second kappa shape index (κ2) is 9.64. The van der Waals surface area contributed by atoms with Gasteiger partial charge in [-0.1, -0.05) is 0 Å². The first-order chi connectivity index (χ1) is 13.9. The van der Waals surface area contributed by atoms with Gasteiger partial charge in [0.25, 0.3) is 5.91 Å². The Kier molecular flexibility index (Phi) is 7.20. The van der Waals surface area contributed by atoms with Crippen molar-refractivity contribution in [3.8, 4) is 0 Å². The Labute approximate surface area is 170 Å². The maximum Gasteiger partial charge on any atom is 0.253 e. The highest BCUT2D eigenvalue weighted by atomic mass is 32.2. The summed E-state index contributed by atoms with van der Waals surface area (Å²) in [5.41, 5.74) is 0.379. The molecule has 1 aromatic rings. The molecule has 0 spiro atoms. The predicted octanol–water partition coefficient (Wildman–Crippen LogP) is 0.456. The minimum atomic E-state index is -3.43. The summed E-state index contributed by atoms with van der Waals surface area (Å²) in [6, 6.07) is 5.32. The molecule has 0 radical (unpaired) electrons. The number of rotatable bonds is 6. The van der Waals surface area contributed by atoms with Crippen molar-refractivity contribution in [3.05, 3.63) is 35.6 Å². The molecule has 2 aliphatic heterocycles. The van der Waals surface area contributed by atoms with Crippen molar-refractivity contribution in [1.29, 1.82) is 0 Å². The standard InChI is InChI=1S/C19H26FN3O5S/c20-17-5-3-15(4-6-17)19(25)22-8-1-2-16(14-22)18(24)21-7-13-29(26,27)23-9-11-28-12-10-23/h3-6,16H,1-2,7-14H2,(H,21,24). The molecule has 0 bridgehead atoms. The van der Waals surface area contributed by atoms with Crippen LogP contribution in [-0.4, -0.2) is 81.1 Å². The Morgan fingerprint density at radius 2 is 1.83 bits per heavy atom. The van der Waals surface area contributed by atoms with Gasteiger partial charge in [0, 0.05) is 38.3 Å². The van der Waals surface area contributed by atoms with Crippen molar-refractivity contribution in [2.45, 2.75) is 12.8 Å². The molecule has 3 rings (SSSR count). The van der Waals surface area contributed by atoms with Crippen molar-refractivity contribution in [1.82, 2.24) is 14.5 Å². The molecule has 1 atom stereocenters. The van der Waals surface area contributed by atoms with E-state index in [0.717, 1.165) is 0 Å². The summed E-state index contributed by atoms with van der Waals surface area (Å²) < 4.78 is 44.2. The molecule has 10 heteroatoms. The van der Waals surface area contributed by atoms with E-state index in [2.05, 4.69) is 5.32 Å². The van der Waals surface area contributed by atoms with Crippen LogP contribution < -0.4 is 5.32 Å². The third-order valence-electron chi connectivity index (χ3n) is 5.19. The number of ether oxygens (including phenoxy) is 1. The fraction of sp³-hybridized carbons (Fsp3) is 0.579. The highest BCUT2D eigenvalue weighted by molar-refractivity contribution is 7.89. The van der Waals surface area contributed by atoms with Crippen LogP contribution in [0.15, 0.2) is 24.3 Å². The lowest BCUT2D eigenvalue weighted by Crippen LogP contribution is -2.47. The molecule has 2 aliphatic rings. The Morgan fingerprint density at radius 3 is 2.52 bits per heavy atom. The topological polar surface area (TPSA) is 96.0 Å². The zero-order valence-corrected chi connectivity index (χ0v) is 17.0. The molecule has 0 aliphatic carbocycles. The average Bonchev–Trinajstić information content (AvgIpc) is 2.74. The molecule has 0 aromatic heterocycles. The normalized spacial score (nSPS) is 21.0. The molecule has 2 heterocycles. The Morgan fingerprint density at radius 1 is 1.14 bits per heavy atom. The first-order valence-corrected chi connectivity index (χ1v) is 11.4. The van der Waals surface area contributed by atoms with Gasteiger partial charge in [-0.3, -0.25) is 9.59 Å². The number of piperidine rings is 1. The van der Waals surface area contributed by atoms with Gasteiger partial charge in [-0.25, -0.2) is 12.8 Å². The highest BCUT2D eigenvalue weighted by Crippen LogP contribution is 2.19. The lowest BCUT2D eigenvalue weighted by molar-refractivity contribution is -0.126. The van der Waals surface area contributed by atoms with Gasteiger partial charge in [-0.05, 0) is 37.1 Å². The number of benzene rings is 1. The zero-order chi connectivity index (χ0) is 20.9. The second-order valence-electron chi connectivity index (χ2n) is 7.22. The zero-order valence-electron chi connectivity index (χ0n) is 16.2. The largest absolute Gasteiger partial charge is 0.379 e. The van der Waals surface area contributed by atoms with Crippen molar-refractivity contribution in [2.75, 3.05) is 51.7 Å². The lowest BCUT2D eigenvalue weighted by atomic mass is 9.96. The fourth-order valence-corrected chi connectivity index (χ4v) is 4.88. The Balaban J connectivity index is 1.49. The maximum absolute atomic E-state index is 13.1. The number of likely N-dealkylation sites (tertiary alicyclic amines) is 1. The van der Waals surface area contributed by atoms with E-state index in [1.54, 1.807) is 4.90 Å². The second-order valence-corrected chi connectivity index (χ2v) is 9.30. The van der Waals surface area contributed by atoms with Gasteiger partial charge in [0.2, 0.25) is 15.9 Å². The third kappa shape index (κ3) is 5.74. The number of halogens is 1. The smallest absolute Gasteiger partial charge is 0.253 e. The first-order valence-electron chi connectivity index (χ1n) is 9.75. The molecular weight excluding hydrogens is 401 g/mol. The number of carbonyl (C=O) groups is 2. The summed E-state index contributed by atoms with van der Waals surface area (Å²) in [5, 5.41) is 2.69. The lowest BCUT2D eigenvalue weighted by Gasteiger charge is -2.32. The van der Waals surface area contributed by atoms with E-state index in [4.69, 9.17) is 4.74 Å². The number of morpholine rings is 1. The van der Waals surface area contributed by atoms with Crippen LogP contribution in [0.4, 0.5) is 4.39 Å². The molecule has 2 amide bonds.